The predicted octanol–water partition coefficient (Wildman–Crippen LogP) is 0.853. The molecule has 5 nitrogen and oxygen atoms in total. The molecule has 0 spiro atoms. The van der Waals surface area contributed by atoms with Crippen LogP contribution in [0.4, 0.5) is 0 Å². The number of hydrogen-bond donors (Lipinski definition) is 2. The van der Waals surface area contributed by atoms with E-state index in [1.165, 1.54) is 7.11 Å². The summed E-state index contributed by atoms with van der Waals surface area (Å²) in [6.07, 6.45) is 3.41. The van der Waals surface area contributed by atoms with Crippen LogP contribution in [0.15, 0.2) is 0 Å². The quantitative estimate of drug-likeness (QED) is 0.622. The number of carbonyl (C=O) groups is 2. The Labute approximate surface area is 103 Å². The van der Waals surface area contributed by atoms with Crippen LogP contribution in [-0.4, -0.2) is 36.7 Å². The van der Waals surface area contributed by atoms with Gasteiger partial charge in [-0.15, -0.1) is 0 Å². The van der Waals surface area contributed by atoms with Crippen molar-refractivity contribution in [2.45, 2.75) is 45.6 Å². The number of aliphatic hydroxyl groups is 1. The molecule has 2 N–H and O–H groups in total. The largest absolute Gasteiger partial charge is 0.467 e. The molecule has 0 bridgehead atoms. The molecule has 17 heavy (non-hydrogen) atoms. The highest BCUT2D eigenvalue weighted by Crippen LogP contribution is 2.13. The molecule has 0 aliphatic carbocycles. The Morgan fingerprint density at radius 1 is 1.24 bits per heavy atom. The molecule has 1 unspecified atom stereocenters. The van der Waals surface area contributed by atoms with E-state index in [0.29, 0.717) is 0 Å². The zero-order valence-electron chi connectivity index (χ0n) is 10.9. The molecule has 0 heterocycles. The lowest BCUT2D eigenvalue weighted by atomic mass is 9.97. The second-order valence-electron chi connectivity index (χ2n) is 4.04. The molecule has 0 aliphatic rings. The fourth-order valence-electron chi connectivity index (χ4n) is 1.71. The molecule has 0 saturated carbocycles. The van der Waals surface area contributed by atoms with Gasteiger partial charge in [-0.05, 0) is 12.8 Å². The van der Waals surface area contributed by atoms with Crippen molar-refractivity contribution in [2.75, 3.05) is 13.7 Å². The van der Waals surface area contributed by atoms with E-state index in [1.807, 2.05) is 13.8 Å². The lowest BCUT2D eigenvalue weighted by molar-refractivity contribution is -0.146. The van der Waals surface area contributed by atoms with Gasteiger partial charge in [-0.25, -0.2) is 4.79 Å². The molecule has 0 fully saturated rings. The van der Waals surface area contributed by atoms with Crippen molar-refractivity contribution in [1.29, 1.82) is 0 Å². The summed E-state index contributed by atoms with van der Waals surface area (Å²) in [5, 5.41) is 11.5. The number of amides is 1. The van der Waals surface area contributed by atoms with Crippen LogP contribution in [0.2, 0.25) is 0 Å². The maximum Gasteiger partial charge on any atom is 0.330 e. The molecule has 0 rings (SSSR count). The summed E-state index contributed by atoms with van der Waals surface area (Å²) in [4.78, 5) is 23.1. The molecule has 0 aliphatic heterocycles. The normalized spacial score (nSPS) is 12.3. The molecule has 0 aromatic rings. The monoisotopic (exact) mass is 245 g/mol. The molecule has 0 radical (unpaired) electrons. The van der Waals surface area contributed by atoms with E-state index in [4.69, 9.17) is 5.11 Å². The topological polar surface area (TPSA) is 75.6 Å². The third kappa shape index (κ3) is 5.68. The molecule has 1 atom stereocenters. The third-order valence-electron chi connectivity index (χ3n) is 2.63. The van der Waals surface area contributed by atoms with E-state index in [0.717, 1.165) is 25.7 Å². The van der Waals surface area contributed by atoms with Crippen molar-refractivity contribution < 1.29 is 19.4 Å². The second kappa shape index (κ2) is 8.98. The van der Waals surface area contributed by atoms with Crippen LogP contribution in [-0.2, 0) is 14.3 Å². The Morgan fingerprint density at radius 2 is 1.76 bits per heavy atom. The molecular formula is C12H23NO4. The van der Waals surface area contributed by atoms with Gasteiger partial charge < -0.3 is 15.2 Å². The molecule has 0 aromatic carbocycles. The first kappa shape index (κ1) is 15.9. The number of carbonyl (C=O) groups excluding carboxylic acids is 2. The van der Waals surface area contributed by atoms with Gasteiger partial charge in [0.1, 0.15) is 0 Å². The van der Waals surface area contributed by atoms with E-state index in [2.05, 4.69) is 10.1 Å². The SMILES string of the molecule is CCCC(CCC)C(=O)NC(CO)C(=O)OC. The number of hydrogen-bond acceptors (Lipinski definition) is 4. The molecular weight excluding hydrogens is 222 g/mol. The van der Waals surface area contributed by atoms with Gasteiger partial charge in [0.2, 0.25) is 5.91 Å². The maximum atomic E-state index is 11.9. The molecule has 0 saturated heterocycles. The van der Waals surface area contributed by atoms with Gasteiger partial charge in [0.05, 0.1) is 13.7 Å². The van der Waals surface area contributed by atoms with E-state index in [9.17, 15) is 9.59 Å². The summed E-state index contributed by atoms with van der Waals surface area (Å²) in [7, 11) is 1.23. The number of esters is 1. The maximum absolute atomic E-state index is 11.9. The van der Waals surface area contributed by atoms with E-state index >= 15 is 0 Å². The van der Waals surface area contributed by atoms with Crippen molar-refractivity contribution in [3.8, 4) is 0 Å². The van der Waals surface area contributed by atoms with Crippen LogP contribution in [0.3, 0.4) is 0 Å². The van der Waals surface area contributed by atoms with Gasteiger partial charge in [-0.1, -0.05) is 26.7 Å². The summed E-state index contributed by atoms with van der Waals surface area (Å²) >= 11 is 0. The van der Waals surface area contributed by atoms with Crippen LogP contribution in [0, 0.1) is 5.92 Å². The minimum absolute atomic E-state index is 0.0938. The van der Waals surface area contributed by atoms with Crippen molar-refractivity contribution in [3.63, 3.8) is 0 Å². The van der Waals surface area contributed by atoms with Crippen molar-refractivity contribution in [2.24, 2.45) is 5.92 Å². The fraction of sp³-hybridized carbons (Fsp3) is 0.833. The van der Waals surface area contributed by atoms with Crippen LogP contribution in [0.1, 0.15) is 39.5 Å². The molecule has 1 amide bonds. The highest BCUT2D eigenvalue weighted by molar-refractivity contribution is 5.85. The van der Waals surface area contributed by atoms with Gasteiger partial charge >= 0.3 is 5.97 Å². The predicted molar refractivity (Wildman–Crippen MR) is 64.3 cm³/mol. The fourth-order valence-corrected chi connectivity index (χ4v) is 1.71. The van der Waals surface area contributed by atoms with E-state index < -0.39 is 18.6 Å². The zero-order valence-corrected chi connectivity index (χ0v) is 10.9. The molecule has 5 heteroatoms. The van der Waals surface area contributed by atoms with Gasteiger partial charge in [0.15, 0.2) is 6.04 Å². The first-order valence-electron chi connectivity index (χ1n) is 6.09. The summed E-state index contributed by atoms with van der Waals surface area (Å²) < 4.78 is 4.49. The van der Waals surface area contributed by atoms with Gasteiger partial charge in [-0.2, -0.15) is 0 Å². The molecule has 0 aromatic heterocycles. The lowest BCUT2D eigenvalue weighted by Gasteiger charge is -2.19. The van der Waals surface area contributed by atoms with Gasteiger partial charge in [0, 0.05) is 5.92 Å². The summed E-state index contributed by atoms with van der Waals surface area (Å²) in [5.74, 6) is -0.894. The highest BCUT2D eigenvalue weighted by atomic mass is 16.5. The number of methoxy groups -OCH3 is 1. The van der Waals surface area contributed by atoms with Crippen molar-refractivity contribution in [3.05, 3.63) is 0 Å². The minimum atomic E-state index is -0.955. The van der Waals surface area contributed by atoms with E-state index in [1.54, 1.807) is 0 Å². The Balaban J connectivity index is 4.39. The van der Waals surface area contributed by atoms with Crippen LogP contribution >= 0.6 is 0 Å². The average Bonchev–Trinajstić information content (AvgIpc) is 2.34. The van der Waals surface area contributed by atoms with Crippen LogP contribution in [0.5, 0.6) is 0 Å². The number of nitrogens with one attached hydrogen (secondary N) is 1. The van der Waals surface area contributed by atoms with Gasteiger partial charge in [0.25, 0.3) is 0 Å². The number of aliphatic hydroxyl groups excluding tert-OH is 1. The van der Waals surface area contributed by atoms with Crippen molar-refractivity contribution in [1.82, 2.24) is 5.32 Å². The van der Waals surface area contributed by atoms with E-state index in [-0.39, 0.29) is 11.8 Å². The number of ether oxygens (including phenoxy) is 1. The zero-order chi connectivity index (χ0) is 13.3. The molecule has 100 valence electrons. The van der Waals surface area contributed by atoms with Gasteiger partial charge in [-0.3, -0.25) is 4.79 Å². The third-order valence-corrected chi connectivity index (χ3v) is 2.63. The Kier molecular flexibility index (Phi) is 8.40. The average molecular weight is 245 g/mol. The first-order valence-corrected chi connectivity index (χ1v) is 6.09. The summed E-state index contributed by atoms with van der Waals surface area (Å²) in [6.45, 7) is 3.59. The van der Waals surface area contributed by atoms with Crippen molar-refractivity contribution >= 4 is 11.9 Å². The smallest absolute Gasteiger partial charge is 0.330 e. The highest BCUT2D eigenvalue weighted by Gasteiger charge is 2.24. The lowest BCUT2D eigenvalue weighted by Crippen LogP contribution is -2.46. The Bertz CT molecular complexity index is 237. The second-order valence-corrected chi connectivity index (χ2v) is 4.04. The minimum Gasteiger partial charge on any atom is -0.467 e. The Hall–Kier alpha value is -1.10. The summed E-state index contributed by atoms with van der Waals surface area (Å²) in [5.41, 5.74) is 0. The summed E-state index contributed by atoms with van der Waals surface area (Å²) in [6, 6.07) is -0.955. The number of rotatable bonds is 8. The van der Waals surface area contributed by atoms with Crippen LogP contribution < -0.4 is 5.32 Å². The standard InChI is InChI=1S/C12H23NO4/c1-4-6-9(7-5-2)11(15)13-10(8-14)12(16)17-3/h9-10,14H,4-8H2,1-3H3,(H,13,15). The van der Waals surface area contributed by atoms with Crippen LogP contribution in [0.25, 0.3) is 0 Å². The first-order chi connectivity index (χ1) is 8.10. The Morgan fingerprint density at radius 3 is 2.12 bits per heavy atom.